The van der Waals surface area contributed by atoms with E-state index in [2.05, 4.69) is 45.1 Å². The van der Waals surface area contributed by atoms with Crippen molar-refractivity contribution in [1.29, 1.82) is 0 Å². The van der Waals surface area contributed by atoms with Crippen LogP contribution in [0.2, 0.25) is 0 Å². The Bertz CT molecular complexity index is 350. The second-order valence-corrected chi connectivity index (χ2v) is 3.90. The van der Waals surface area contributed by atoms with Crippen LogP contribution in [0.5, 0.6) is 0 Å². The molecule has 1 rings (SSSR count). The number of rotatable bonds is 2. The number of allylic oxidation sites excluding steroid dienone is 2. The van der Waals surface area contributed by atoms with Crippen molar-refractivity contribution >= 4 is 5.69 Å². The fraction of sp³-hybridized carbons (Fsp3) is 0.385. The predicted octanol–water partition coefficient (Wildman–Crippen LogP) is 3.57. The highest BCUT2D eigenvalue weighted by molar-refractivity contribution is 5.57. The lowest BCUT2D eigenvalue weighted by atomic mass is 9.94. The smallest absolute Gasteiger partial charge is 0.0382 e. The average molecular weight is 189 g/mol. The first-order chi connectivity index (χ1) is 6.56. The van der Waals surface area contributed by atoms with Gasteiger partial charge in [-0.05, 0) is 31.9 Å². The molecule has 0 aromatic heterocycles. The van der Waals surface area contributed by atoms with Crippen LogP contribution in [0.15, 0.2) is 24.3 Å². The highest BCUT2D eigenvalue weighted by Gasteiger charge is 2.08. The number of aryl methyl sites for hydroxylation is 2. The van der Waals surface area contributed by atoms with Gasteiger partial charge in [0.25, 0.3) is 0 Å². The van der Waals surface area contributed by atoms with E-state index in [1.165, 1.54) is 16.7 Å². The molecule has 76 valence electrons. The molecule has 1 unspecified atom stereocenters. The number of hydrogen-bond acceptors (Lipinski definition) is 1. The Labute approximate surface area is 86.6 Å². The third kappa shape index (κ3) is 2.16. The lowest BCUT2D eigenvalue weighted by Crippen LogP contribution is -2.00. The first-order valence-electron chi connectivity index (χ1n) is 5.05. The molecule has 0 heterocycles. The van der Waals surface area contributed by atoms with E-state index in [1.54, 1.807) is 0 Å². The average Bonchev–Trinajstić information content (AvgIpc) is 2.11. The number of anilines is 1. The van der Waals surface area contributed by atoms with Gasteiger partial charge in [0, 0.05) is 11.6 Å². The normalized spacial score (nSPS) is 13.4. The van der Waals surface area contributed by atoms with Gasteiger partial charge in [0.15, 0.2) is 0 Å². The SMILES string of the molecule is C/C=C/C(C)c1cc(C)cc(C)c1N. The third-order valence-corrected chi connectivity index (χ3v) is 2.53. The van der Waals surface area contributed by atoms with Crippen molar-refractivity contribution in [2.24, 2.45) is 0 Å². The van der Waals surface area contributed by atoms with Crippen molar-refractivity contribution in [2.75, 3.05) is 5.73 Å². The molecule has 1 heteroatoms. The molecule has 0 aliphatic rings. The summed E-state index contributed by atoms with van der Waals surface area (Å²) in [6.07, 6.45) is 4.24. The fourth-order valence-corrected chi connectivity index (χ4v) is 1.78. The van der Waals surface area contributed by atoms with Gasteiger partial charge in [-0.25, -0.2) is 0 Å². The Morgan fingerprint density at radius 1 is 1.29 bits per heavy atom. The number of nitrogens with two attached hydrogens (primary N) is 1. The van der Waals surface area contributed by atoms with Crippen molar-refractivity contribution in [3.05, 3.63) is 41.0 Å². The van der Waals surface area contributed by atoms with Crippen LogP contribution >= 0.6 is 0 Å². The summed E-state index contributed by atoms with van der Waals surface area (Å²) < 4.78 is 0. The predicted molar refractivity (Wildman–Crippen MR) is 63.6 cm³/mol. The van der Waals surface area contributed by atoms with Gasteiger partial charge in [0.2, 0.25) is 0 Å². The zero-order valence-corrected chi connectivity index (χ0v) is 9.46. The van der Waals surface area contributed by atoms with E-state index in [-0.39, 0.29) is 0 Å². The minimum atomic E-state index is 0.401. The van der Waals surface area contributed by atoms with E-state index in [1.807, 2.05) is 6.92 Å². The van der Waals surface area contributed by atoms with Crippen molar-refractivity contribution in [3.63, 3.8) is 0 Å². The quantitative estimate of drug-likeness (QED) is 0.558. The molecule has 0 amide bonds. The number of benzene rings is 1. The summed E-state index contributed by atoms with van der Waals surface area (Å²) >= 11 is 0. The summed E-state index contributed by atoms with van der Waals surface area (Å²) in [5, 5.41) is 0. The standard InChI is InChI=1S/C13H19N/c1-5-6-10(3)12-8-9(2)7-11(4)13(12)14/h5-8,10H,14H2,1-4H3/b6-5+. The molecule has 0 saturated carbocycles. The van der Waals surface area contributed by atoms with Crippen LogP contribution in [-0.4, -0.2) is 0 Å². The fourth-order valence-electron chi connectivity index (χ4n) is 1.78. The molecule has 0 spiro atoms. The number of hydrogen-bond donors (Lipinski definition) is 1. The summed E-state index contributed by atoms with van der Waals surface area (Å²) in [5.41, 5.74) is 10.7. The van der Waals surface area contributed by atoms with Gasteiger partial charge in [0.05, 0.1) is 0 Å². The maximum atomic E-state index is 6.05. The van der Waals surface area contributed by atoms with E-state index in [4.69, 9.17) is 5.73 Å². The lowest BCUT2D eigenvalue weighted by molar-refractivity contribution is 0.963. The zero-order valence-electron chi connectivity index (χ0n) is 9.46. The summed E-state index contributed by atoms with van der Waals surface area (Å²) in [5.74, 6) is 0.401. The van der Waals surface area contributed by atoms with Crippen LogP contribution in [0, 0.1) is 13.8 Å². The molecular formula is C13H19N. The zero-order chi connectivity index (χ0) is 10.7. The molecule has 1 aromatic carbocycles. The van der Waals surface area contributed by atoms with Crippen LogP contribution in [-0.2, 0) is 0 Å². The van der Waals surface area contributed by atoms with Crippen molar-refractivity contribution < 1.29 is 0 Å². The van der Waals surface area contributed by atoms with E-state index < -0.39 is 0 Å². The Morgan fingerprint density at radius 3 is 2.50 bits per heavy atom. The molecule has 0 saturated heterocycles. The van der Waals surface area contributed by atoms with Crippen molar-refractivity contribution in [3.8, 4) is 0 Å². The Kier molecular flexibility index (Phi) is 3.34. The Hall–Kier alpha value is -1.24. The highest BCUT2D eigenvalue weighted by Crippen LogP contribution is 2.27. The van der Waals surface area contributed by atoms with Crippen molar-refractivity contribution in [2.45, 2.75) is 33.6 Å². The van der Waals surface area contributed by atoms with Gasteiger partial charge in [-0.15, -0.1) is 0 Å². The maximum Gasteiger partial charge on any atom is 0.0382 e. The molecule has 2 N–H and O–H groups in total. The lowest BCUT2D eigenvalue weighted by Gasteiger charge is -2.13. The molecule has 1 nitrogen and oxygen atoms in total. The minimum Gasteiger partial charge on any atom is -0.398 e. The number of nitrogen functional groups attached to an aromatic ring is 1. The molecule has 0 bridgehead atoms. The van der Waals surface area contributed by atoms with E-state index in [9.17, 15) is 0 Å². The summed E-state index contributed by atoms with van der Waals surface area (Å²) in [6.45, 7) is 8.38. The minimum absolute atomic E-state index is 0.401. The molecule has 0 radical (unpaired) electrons. The Morgan fingerprint density at radius 2 is 1.93 bits per heavy atom. The molecule has 14 heavy (non-hydrogen) atoms. The van der Waals surface area contributed by atoms with Crippen LogP contribution in [0.4, 0.5) is 5.69 Å². The summed E-state index contributed by atoms with van der Waals surface area (Å²) in [7, 11) is 0. The first-order valence-corrected chi connectivity index (χ1v) is 5.05. The maximum absolute atomic E-state index is 6.05. The van der Waals surface area contributed by atoms with Gasteiger partial charge in [-0.3, -0.25) is 0 Å². The molecule has 0 aliphatic heterocycles. The largest absolute Gasteiger partial charge is 0.398 e. The first kappa shape index (κ1) is 10.8. The van der Waals surface area contributed by atoms with Crippen molar-refractivity contribution in [1.82, 2.24) is 0 Å². The summed E-state index contributed by atoms with van der Waals surface area (Å²) in [6, 6.07) is 4.30. The second kappa shape index (κ2) is 4.32. The molecule has 1 atom stereocenters. The van der Waals surface area contributed by atoms with Crippen LogP contribution < -0.4 is 5.73 Å². The second-order valence-electron chi connectivity index (χ2n) is 3.90. The van der Waals surface area contributed by atoms with Gasteiger partial charge < -0.3 is 5.73 Å². The van der Waals surface area contributed by atoms with E-state index in [0.717, 1.165) is 5.69 Å². The van der Waals surface area contributed by atoms with E-state index >= 15 is 0 Å². The summed E-state index contributed by atoms with van der Waals surface area (Å²) in [4.78, 5) is 0. The third-order valence-electron chi connectivity index (χ3n) is 2.53. The van der Waals surface area contributed by atoms with Gasteiger partial charge in [-0.2, -0.15) is 0 Å². The van der Waals surface area contributed by atoms with Gasteiger partial charge >= 0.3 is 0 Å². The molecular weight excluding hydrogens is 170 g/mol. The van der Waals surface area contributed by atoms with Crippen LogP contribution in [0.25, 0.3) is 0 Å². The molecule has 0 fully saturated rings. The monoisotopic (exact) mass is 189 g/mol. The van der Waals surface area contributed by atoms with Gasteiger partial charge in [0.1, 0.15) is 0 Å². The van der Waals surface area contributed by atoms with Gasteiger partial charge in [-0.1, -0.05) is 36.8 Å². The Balaban J connectivity index is 3.19. The van der Waals surface area contributed by atoms with Crippen LogP contribution in [0.3, 0.4) is 0 Å². The molecule has 0 aliphatic carbocycles. The topological polar surface area (TPSA) is 26.0 Å². The van der Waals surface area contributed by atoms with E-state index in [0.29, 0.717) is 5.92 Å². The van der Waals surface area contributed by atoms with Crippen LogP contribution in [0.1, 0.15) is 36.5 Å². The highest BCUT2D eigenvalue weighted by atomic mass is 14.6. The molecule has 1 aromatic rings.